The van der Waals surface area contributed by atoms with E-state index in [1.54, 1.807) is 56.1 Å². The zero-order valence-corrected chi connectivity index (χ0v) is 36.6. The standard InChI is InChI=1S/C37H58O12S5/c1-25(2)32(38)44-10-13-47-35(41)28(7)20-50-16-17-52-23-31(24-53-22-30(9)37(43)49-15-12-46-34(40)27(5)6)54-19-18-51-21-29(8)36(42)48-14-11-45-33(39)26(3)4/h28-31H,1,3,5,10-24H2,2,4,6-9H3. The van der Waals surface area contributed by atoms with E-state index >= 15 is 0 Å². The molecule has 0 fully saturated rings. The van der Waals surface area contributed by atoms with Gasteiger partial charge in [0.2, 0.25) is 0 Å². The van der Waals surface area contributed by atoms with Crippen molar-refractivity contribution < 1.29 is 57.2 Å². The van der Waals surface area contributed by atoms with Crippen LogP contribution in [-0.4, -0.2) is 132 Å². The molecule has 0 aliphatic carbocycles. The molecule has 0 aliphatic heterocycles. The molecule has 0 saturated carbocycles. The summed E-state index contributed by atoms with van der Waals surface area (Å²) in [6.45, 7) is 20.6. The van der Waals surface area contributed by atoms with Gasteiger partial charge in [-0.3, -0.25) is 14.4 Å². The number of hydrogen-bond donors (Lipinski definition) is 0. The van der Waals surface area contributed by atoms with Gasteiger partial charge in [0.15, 0.2) is 0 Å². The molecule has 0 aromatic rings. The second kappa shape index (κ2) is 31.9. The summed E-state index contributed by atoms with van der Waals surface area (Å²) >= 11 is 8.75. The van der Waals surface area contributed by atoms with Crippen molar-refractivity contribution in [3.8, 4) is 0 Å². The lowest BCUT2D eigenvalue weighted by Crippen LogP contribution is -2.21. The largest absolute Gasteiger partial charge is 0.462 e. The normalized spacial score (nSPS) is 13.0. The lowest BCUT2D eigenvalue weighted by molar-refractivity contribution is -0.152. The average Bonchev–Trinajstić information content (AvgIpc) is 3.13. The van der Waals surface area contributed by atoms with Crippen molar-refractivity contribution >= 4 is 94.6 Å². The van der Waals surface area contributed by atoms with E-state index in [2.05, 4.69) is 19.7 Å². The first-order chi connectivity index (χ1) is 25.6. The number of carbonyl (C=O) groups excluding carboxylic acids is 6. The molecule has 54 heavy (non-hydrogen) atoms. The molecule has 4 atom stereocenters. The molecular formula is C37H58O12S5. The molecule has 0 aliphatic rings. The maximum atomic E-state index is 12.4. The molecule has 0 aromatic carbocycles. The van der Waals surface area contributed by atoms with Gasteiger partial charge in [0.25, 0.3) is 0 Å². The van der Waals surface area contributed by atoms with E-state index in [4.69, 9.17) is 28.4 Å². The summed E-state index contributed by atoms with van der Waals surface area (Å²) in [4.78, 5) is 71.3. The average molecular weight is 855 g/mol. The molecule has 0 amide bonds. The predicted octanol–water partition coefficient (Wildman–Crippen LogP) is 5.92. The molecule has 17 heteroatoms. The van der Waals surface area contributed by atoms with Crippen molar-refractivity contribution in [2.75, 3.05) is 91.4 Å². The van der Waals surface area contributed by atoms with Crippen LogP contribution in [0, 0.1) is 17.8 Å². The zero-order chi connectivity index (χ0) is 40.9. The van der Waals surface area contributed by atoms with E-state index < -0.39 is 17.9 Å². The van der Waals surface area contributed by atoms with Crippen LogP contribution in [0.4, 0.5) is 0 Å². The highest BCUT2D eigenvalue weighted by Gasteiger charge is 2.19. The van der Waals surface area contributed by atoms with E-state index in [-0.39, 0.29) is 92.0 Å². The molecule has 0 N–H and O–H groups in total. The molecule has 0 bridgehead atoms. The second-order valence-electron chi connectivity index (χ2n) is 12.2. The molecule has 0 radical (unpaired) electrons. The summed E-state index contributed by atoms with van der Waals surface area (Å²) in [5.41, 5.74) is 0.860. The van der Waals surface area contributed by atoms with E-state index in [1.807, 2.05) is 44.3 Å². The summed E-state index contributed by atoms with van der Waals surface area (Å²) in [6, 6.07) is 0. The van der Waals surface area contributed by atoms with Gasteiger partial charge in [-0.1, -0.05) is 40.5 Å². The SMILES string of the molecule is C=C(C)C(=O)OCCOC(=O)C(C)CSCCSCC(CSCC(C)C(=O)OCCOC(=O)C(=C)C)SCCSCC(C)C(=O)OCCOC(=O)C(=C)C. The monoisotopic (exact) mass is 854 g/mol. The van der Waals surface area contributed by atoms with Gasteiger partial charge in [-0.2, -0.15) is 58.8 Å². The topological polar surface area (TPSA) is 158 Å². The van der Waals surface area contributed by atoms with Gasteiger partial charge in [0.1, 0.15) is 39.6 Å². The van der Waals surface area contributed by atoms with Crippen molar-refractivity contribution in [2.45, 2.75) is 46.8 Å². The molecule has 0 heterocycles. The lowest BCUT2D eigenvalue weighted by Gasteiger charge is -2.18. The van der Waals surface area contributed by atoms with Gasteiger partial charge < -0.3 is 28.4 Å². The minimum absolute atomic E-state index is 0.00138. The van der Waals surface area contributed by atoms with Crippen LogP contribution in [0.1, 0.15) is 41.5 Å². The first kappa shape index (κ1) is 51.8. The Kier molecular flexibility index (Phi) is 30.6. The summed E-state index contributed by atoms with van der Waals surface area (Å²) in [7, 11) is 0. The fraction of sp³-hybridized carbons (Fsp3) is 0.676. The Balaban J connectivity index is 4.66. The third kappa shape index (κ3) is 27.4. The molecule has 0 spiro atoms. The Morgan fingerprint density at radius 3 is 1.06 bits per heavy atom. The highest BCUT2D eigenvalue weighted by molar-refractivity contribution is 8.06. The maximum Gasteiger partial charge on any atom is 0.333 e. The van der Waals surface area contributed by atoms with Crippen LogP contribution >= 0.6 is 58.8 Å². The number of ether oxygens (including phenoxy) is 6. The van der Waals surface area contributed by atoms with Crippen LogP contribution in [0.25, 0.3) is 0 Å². The Hall–Kier alpha value is -2.21. The quantitative estimate of drug-likeness (QED) is 0.0340. The zero-order valence-electron chi connectivity index (χ0n) is 32.5. The molecule has 0 saturated heterocycles. The van der Waals surface area contributed by atoms with Crippen LogP contribution in [-0.2, 0) is 57.2 Å². The third-order valence-electron chi connectivity index (χ3n) is 6.60. The second-order valence-corrected chi connectivity index (χ2v) is 18.1. The van der Waals surface area contributed by atoms with Crippen molar-refractivity contribution in [2.24, 2.45) is 17.8 Å². The predicted molar refractivity (Wildman–Crippen MR) is 223 cm³/mol. The summed E-state index contributed by atoms with van der Waals surface area (Å²) in [5, 5.41) is 0.326. The Bertz CT molecular complexity index is 1230. The highest BCUT2D eigenvalue weighted by atomic mass is 32.2. The number of thioether (sulfide) groups is 5. The van der Waals surface area contributed by atoms with Gasteiger partial charge in [0, 0.05) is 73.7 Å². The van der Waals surface area contributed by atoms with Crippen molar-refractivity contribution in [1.82, 2.24) is 0 Å². The van der Waals surface area contributed by atoms with E-state index in [1.165, 1.54) is 0 Å². The van der Waals surface area contributed by atoms with Crippen LogP contribution in [0.2, 0.25) is 0 Å². The fourth-order valence-electron chi connectivity index (χ4n) is 3.48. The number of carbonyl (C=O) groups is 6. The van der Waals surface area contributed by atoms with Crippen molar-refractivity contribution in [1.29, 1.82) is 0 Å². The maximum absolute atomic E-state index is 12.4. The fourth-order valence-corrected chi connectivity index (χ4v) is 9.97. The van der Waals surface area contributed by atoms with Crippen LogP contribution in [0.5, 0.6) is 0 Å². The van der Waals surface area contributed by atoms with Crippen molar-refractivity contribution in [3.63, 3.8) is 0 Å². The van der Waals surface area contributed by atoms with Crippen molar-refractivity contribution in [3.05, 3.63) is 36.5 Å². The molecule has 308 valence electrons. The highest BCUT2D eigenvalue weighted by Crippen LogP contribution is 2.25. The Morgan fingerprint density at radius 2 is 0.704 bits per heavy atom. The molecule has 4 unspecified atom stereocenters. The summed E-state index contributed by atoms with van der Waals surface area (Å²) in [5.74, 6) is 3.62. The summed E-state index contributed by atoms with van der Waals surface area (Å²) < 4.78 is 30.5. The number of hydrogen-bond acceptors (Lipinski definition) is 17. The van der Waals surface area contributed by atoms with E-state index in [9.17, 15) is 28.8 Å². The summed E-state index contributed by atoms with van der Waals surface area (Å²) in [6.07, 6.45) is 0. The lowest BCUT2D eigenvalue weighted by atomic mass is 10.2. The first-order valence-corrected chi connectivity index (χ1v) is 23.1. The van der Waals surface area contributed by atoms with Gasteiger partial charge in [-0.25, -0.2) is 14.4 Å². The molecular weight excluding hydrogens is 797 g/mol. The third-order valence-corrected chi connectivity index (χ3v) is 13.7. The Morgan fingerprint density at radius 1 is 0.426 bits per heavy atom. The van der Waals surface area contributed by atoms with Crippen LogP contribution < -0.4 is 0 Å². The smallest absolute Gasteiger partial charge is 0.333 e. The van der Waals surface area contributed by atoms with Gasteiger partial charge in [0.05, 0.1) is 17.8 Å². The minimum Gasteiger partial charge on any atom is -0.462 e. The van der Waals surface area contributed by atoms with Gasteiger partial charge >= 0.3 is 35.8 Å². The van der Waals surface area contributed by atoms with Crippen LogP contribution in [0.3, 0.4) is 0 Å². The van der Waals surface area contributed by atoms with Crippen LogP contribution in [0.15, 0.2) is 36.5 Å². The number of esters is 6. The Labute approximate surface area is 342 Å². The van der Waals surface area contributed by atoms with E-state index in [0.717, 1.165) is 34.5 Å². The van der Waals surface area contributed by atoms with E-state index in [0.29, 0.717) is 22.5 Å². The molecule has 0 rings (SSSR count). The molecule has 0 aromatic heterocycles. The van der Waals surface area contributed by atoms with Gasteiger partial charge in [-0.15, -0.1) is 0 Å². The van der Waals surface area contributed by atoms with Gasteiger partial charge in [-0.05, 0) is 20.8 Å². The first-order valence-electron chi connectivity index (χ1n) is 17.5. The minimum atomic E-state index is -0.521. The molecule has 12 nitrogen and oxygen atoms in total. The number of rotatable bonds is 32.